The first-order valence-corrected chi connectivity index (χ1v) is 10.8. The Hall–Kier alpha value is -2.81. The number of nitrogens with one attached hydrogen (secondary N) is 2. The monoisotopic (exact) mass is 422 g/mol. The molecule has 1 aliphatic rings. The minimum Gasteiger partial charge on any atom is -0.492 e. The van der Waals surface area contributed by atoms with Gasteiger partial charge in [0.05, 0.1) is 29.5 Å². The summed E-state index contributed by atoms with van der Waals surface area (Å²) in [5, 5.41) is 2.82. The van der Waals surface area contributed by atoms with Crippen molar-refractivity contribution in [2.24, 2.45) is 5.92 Å². The molecule has 2 aromatic carbocycles. The fourth-order valence-electron chi connectivity index (χ4n) is 2.68. The van der Waals surface area contributed by atoms with Crippen molar-refractivity contribution in [3.8, 4) is 11.5 Å². The summed E-state index contributed by atoms with van der Waals surface area (Å²) in [7, 11) is -3.98. The highest BCUT2D eigenvalue weighted by molar-refractivity contribution is 7.92. The van der Waals surface area contributed by atoms with Crippen LogP contribution in [-0.2, 0) is 14.8 Å². The molecule has 2 aromatic rings. The number of carbonyl (C=O) groups excluding carboxylic acids is 1. The van der Waals surface area contributed by atoms with Crippen LogP contribution in [0, 0.1) is 11.7 Å². The van der Waals surface area contributed by atoms with Crippen molar-refractivity contribution >= 4 is 27.3 Å². The molecule has 9 heteroatoms. The second-order valence-corrected chi connectivity index (χ2v) is 8.22. The van der Waals surface area contributed by atoms with Gasteiger partial charge in [-0.3, -0.25) is 9.52 Å². The number of sulfonamides is 1. The molecule has 0 aliphatic heterocycles. The number of halogens is 1. The van der Waals surface area contributed by atoms with Crippen molar-refractivity contribution in [1.82, 2.24) is 0 Å². The smallest absolute Gasteiger partial charge is 0.262 e. The van der Waals surface area contributed by atoms with Gasteiger partial charge in [0.15, 0.2) is 0 Å². The SMILES string of the molecule is CCOc1cc(NS(=O)(=O)c2ccc(F)cc2)c(OCC)cc1NC(=O)C1CC1. The third-order valence-corrected chi connectivity index (χ3v) is 5.64. The van der Waals surface area contributed by atoms with E-state index in [1.54, 1.807) is 13.8 Å². The Morgan fingerprint density at radius 2 is 1.59 bits per heavy atom. The molecular formula is C20H23FN2O5S. The van der Waals surface area contributed by atoms with E-state index in [0.29, 0.717) is 18.0 Å². The Bertz CT molecular complexity index is 989. The largest absolute Gasteiger partial charge is 0.492 e. The molecule has 1 amide bonds. The first kappa shape index (κ1) is 20.9. The topological polar surface area (TPSA) is 93.7 Å². The second-order valence-electron chi connectivity index (χ2n) is 6.53. The van der Waals surface area contributed by atoms with E-state index in [0.717, 1.165) is 25.0 Å². The van der Waals surface area contributed by atoms with Gasteiger partial charge in [0, 0.05) is 18.1 Å². The van der Waals surface area contributed by atoms with E-state index in [-0.39, 0.29) is 34.8 Å². The molecule has 0 radical (unpaired) electrons. The number of benzene rings is 2. The predicted octanol–water partition coefficient (Wildman–Crippen LogP) is 3.77. The number of carbonyl (C=O) groups is 1. The third-order valence-electron chi connectivity index (χ3n) is 4.26. The van der Waals surface area contributed by atoms with Crippen molar-refractivity contribution in [3.63, 3.8) is 0 Å². The van der Waals surface area contributed by atoms with Crippen molar-refractivity contribution in [3.05, 3.63) is 42.2 Å². The predicted molar refractivity (Wildman–Crippen MR) is 107 cm³/mol. The summed E-state index contributed by atoms with van der Waals surface area (Å²) in [6.45, 7) is 4.15. The number of hydrogen-bond acceptors (Lipinski definition) is 5. The highest BCUT2D eigenvalue weighted by atomic mass is 32.2. The third kappa shape index (κ3) is 5.17. The summed E-state index contributed by atoms with van der Waals surface area (Å²) in [5.74, 6) is -0.0763. The minimum absolute atomic E-state index is 0.00308. The first-order valence-electron chi connectivity index (χ1n) is 9.37. The molecule has 0 unspecified atom stereocenters. The molecule has 0 aromatic heterocycles. The van der Waals surface area contributed by atoms with Crippen LogP contribution in [0.3, 0.4) is 0 Å². The van der Waals surface area contributed by atoms with Gasteiger partial charge in [-0.2, -0.15) is 0 Å². The molecule has 2 N–H and O–H groups in total. The van der Waals surface area contributed by atoms with Crippen LogP contribution >= 0.6 is 0 Å². The van der Waals surface area contributed by atoms with Gasteiger partial charge in [0.2, 0.25) is 5.91 Å². The Labute approximate surface area is 169 Å². The van der Waals surface area contributed by atoms with Crippen LogP contribution in [0.5, 0.6) is 11.5 Å². The Kier molecular flexibility index (Phi) is 6.26. The van der Waals surface area contributed by atoms with Gasteiger partial charge in [-0.25, -0.2) is 12.8 Å². The van der Waals surface area contributed by atoms with Crippen LogP contribution in [0.15, 0.2) is 41.3 Å². The lowest BCUT2D eigenvalue weighted by molar-refractivity contribution is -0.117. The van der Waals surface area contributed by atoms with Gasteiger partial charge >= 0.3 is 0 Å². The zero-order valence-electron chi connectivity index (χ0n) is 16.2. The van der Waals surface area contributed by atoms with Crippen LogP contribution in [0.1, 0.15) is 26.7 Å². The summed E-state index contributed by atoms with van der Waals surface area (Å²) in [5.41, 5.74) is 0.570. The summed E-state index contributed by atoms with van der Waals surface area (Å²) < 4.78 is 52.1. The average molecular weight is 422 g/mol. The molecule has 0 saturated heterocycles. The second kappa shape index (κ2) is 8.69. The van der Waals surface area contributed by atoms with E-state index in [4.69, 9.17) is 9.47 Å². The molecule has 1 aliphatic carbocycles. The number of hydrogen-bond donors (Lipinski definition) is 2. The van der Waals surface area contributed by atoms with Crippen LogP contribution in [0.25, 0.3) is 0 Å². The normalized spacial score (nSPS) is 13.6. The van der Waals surface area contributed by atoms with Gasteiger partial charge in [0.25, 0.3) is 10.0 Å². The summed E-state index contributed by atoms with van der Waals surface area (Å²) in [6, 6.07) is 7.49. The van der Waals surface area contributed by atoms with E-state index < -0.39 is 15.8 Å². The molecule has 1 saturated carbocycles. The van der Waals surface area contributed by atoms with Crippen molar-refractivity contribution in [1.29, 1.82) is 0 Å². The molecule has 156 valence electrons. The number of ether oxygens (including phenoxy) is 2. The number of amides is 1. The zero-order chi connectivity index (χ0) is 21.0. The molecule has 7 nitrogen and oxygen atoms in total. The maximum atomic E-state index is 13.1. The molecule has 0 spiro atoms. The van der Waals surface area contributed by atoms with Crippen molar-refractivity contribution in [2.45, 2.75) is 31.6 Å². The standard InChI is InChI=1S/C20H23FN2O5S/c1-3-27-18-12-17(23-29(25,26)15-9-7-14(21)8-10-15)19(28-4-2)11-16(18)22-20(24)13-5-6-13/h7-13,23H,3-6H2,1-2H3,(H,22,24). The van der Waals surface area contributed by atoms with E-state index in [1.165, 1.54) is 24.3 Å². The van der Waals surface area contributed by atoms with Crippen LogP contribution in [0.4, 0.5) is 15.8 Å². The Balaban J connectivity index is 1.96. The van der Waals surface area contributed by atoms with Crippen molar-refractivity contribution < 1.29 is 27.1 Å². The maximum Gasteiger partial charge on any atom is 0.262 e. The fourth-order valence-corrected chi connectivity index (χ4v) is 3.75. The molecule has 1 fully saturated rings. The highest BCUT2D eigenvalue weighted by Gasteiger charge is 2.30. The van der Waals surface area contributed by atoms with Gasteiger partial charge in [-0.05, 0) is 51.0 Å². The van der Waals surface area contributed by atoms with E-state index in [2.05, 4.69) is 10.0 Å². The van der Waals surface area contributed by atoms with Gasteiger partial charge in [-0.1, -0.05) is 0 Å². The van der Waals surface area contributed by atoms with Gasteiger partial charge in [-0.15, -0.1) is 0 Å². The molecule has 0 atom stereocenters. The Morgan fingerprint density at radius 3 is 2.14 bits per heavy atom. The minimum atomic E-state index is -3.98. The summed E-state index contributed by atoms with van der Waals surface area (Å²) in [6.07, 6.45) is 1.70. The van der Waals surface area contributed by atoms with E-state index in [9.17, 15) is 17.6 Å². The maximum absolute atomic E-state index is 13.1. The molecular weight excluding hydrogens is 399 g/mol. The highest BCUT2D eigenvalue weighted by Crippen LogP contribution is 2.39. The average Bonchev–Trinajstić information content (AvgIpc) is 3.51. The first-order chi connectivity index (χ1) is 13.8. The molecule has 0 bridgehead atoms. The quantitative estimate of drug-likeness (QED) is 0.642. The van der Waals surface area contributed by atoms with Crippen LogP contribution < -0.4 is 19.5 Å². The number of rotatable bonds is 9. The van der Waals surface area contributed by atoms with Crippen molar-refractivity contribution in [2.75, 3.05) is 23.3 Å². The fraction of sp³-hybridized carbons (Fsp3) is 0.350. The van der Waals surface area contributed by atoms with E-state index in [1.807, 2.05) is 0 Å². The van der Waals surface area contributed by atoms with Crippen LogP contribution in [-0.4, -0.2) is 27.5 Å². The zero-order valence-corrected chi connectivity index (χ0v) is 17.0. The summed E-state index contributed by atoms with van der Waals surface area (Å²) >= 11 is 0. The molecule has 0 heterocycles. The van der Waals surface area contributed by atoms with Crippen LogP contribution in [0.2, 0.25) is 0 Å². The molecule has 3 rings (SSSR count). The lowest BCUT2D eigenvalue weighted by Crippen LogP contribution is -2.16. The lowest BCUT2D eigenvalue weighted by atomic mass is 10.2. The van der Waals surface area contributed by atoms with Gasteiger partial charge < -0.3 is 14.8 Å². The van der Waals surface area contributed by atoms with E-state index >= 15 is 0 Å². The van der Waals surface area contributed by atoms with Gasteiger partial charge in [0.1, 0.15) is 17.3 Å². The molecule has 29 heavy (non-hydrogen) atoms. The lowest BCUT2D eigenvalue weighted by Gasteiger charge is -2.18. The Morgan fingerprint density at radius 1 is 1.03 bits per heavy atom. The summed E-state index contributed by atoms with van der Waals surface area (Å²) in [4.78, 5) is 12.1. The number of anilines is 2.